The Morgan fingerprint density at radius 2 is 2.31 bits per heavy atom. The zero-order chi connectivity index (χ0) is 9.26. The quantitative estimate of drug-likeness (QED) is 0.618. The van der Waals surface area contributed by atoms with Crippen molar-refractivity contribution in [2.75, 3.05) is 0 Å². The normalized spacial score (nSPS) is 16.8. The molecule has 0 bridgehead atoms. The van der Waals surface area contributed by atoms with Crippen molar-refractivity contribution < 1.29 is 4.74 Å². The molecule has 0 N–H and O–H groups in total. The van der Waals surface area contributed by atoms with Crippen molar-refractivity contribution in [2.24, 2.45) is 0 Å². The monoisotopic (exact) mass is 309 g/mol. The summed E-state index contributed by atoms with van der Waals surface area (Å²) < 4.78 is 6.74. The van der Waals surface area contributed by atoms with Gasteiger partial charge in [0.1, 0.15) is 0 Å². The van der Waals surface area contributed by atoms with Gasteiger partial charge in [0.15, 0.2) is 10.9 Å². The van der Waals surface area contributed by atoms with Crippen LogP contribution >= 0.6 is 34.2 Å². The van der Waals surface area contributed by atoms with Gasteiger partial charge in [-0.05, 0) is 47.9 Å². The van der Waals surface area contributed by atoms with Crippen LogP contribution in [0.4, 0.5) is 0 Å². The smallest absolute Gasteiger partial charge is 0.172 e. The fourth-order valence-corrected chi connectivity index (χ4v) is 2.07. The maximum atomic E-state index is 5.91. The van der Waals surface area contributed by atoms with Crippen LogP contribution in [0.1, 0.15) is 19.3 Å². The second kappa shape index (κ2) is 4.00. The highest BCUT2D eigenvalue weighted by molar-refractivity contribution is 14.1. The molecule has 0 amide bonds. The molecule has 0 spiro atoms. The Morgan fingerprint density at radius 3 is 2.85 bits per heavy atom. The minimum Gasteiger partial charge on any atom is -0.486 e. The van der Waals surface area contributed by atoms with Gasteiger partial charge >= 0.3 is 0 Å². The Bertz CT molecular complexity index is 294. The maximum absolute atomic E-state index is 5.91. The highest BCUT2D eigenvalue weighted by atomic mass is 127. The molecule has 1 fully saturated rings. The molecule has 1 aromatic heterocycles. The number of pyridine rings is 1. The van der Waals surface area contributed by atoms with Gasteiger partial charge in [0.2, 0.25) is 0 Å². The lowest BCUT2D eigenvalue weighted by atomic mass is 9.96. The van der Waals surface area contributed by atoms with Gasteiger partial charge in [-0.25, -0.2) is 4.98 Å². The van der Waals surface area contributed by atoms with Crippen LogP contribution in [0, 0.1) is 3.57 Å². The Labute approximate surface area is 95.8 Å². The van der Waals surface area contributed by atoms with Gasteiger partial charge in [0.05, 0.1) is 9.67 Å². The highest BCUT2D eigenvalue weighted by Crippen LogP contribution is 2.32. The number of hydrogen-bond acceptors (Lipinski definition) is 2. The minimum absolute atomic E-state index is 0.357. The third kappa shape index (κ3) is 2.07. The number of ether oxygens (including phenoxy) is 1. The SMILES string of the molecule is Clc1nccc(I)c1OC1CCC1. The van der Waals surface area contributed by atoms with E-state index in [1.807, 2.05) is 6.07 Å². The number of hydrogen-bond donors (Lipinski definition) is 0. The molecule has 4 heteroatoms. The average Bonchev–Trinajstić information content (AvgIpc) is 2.00. The summed E-state index contributed by atoms with van der Waals surface area (Å²) in [7, 11) is 0. The third-order valence-electron chi connectivity index (χ3n) is 2.15. The van der Waals surface area contributed by atoms with Gasteiger partial charge in [-0.2, -0.15) is 0 Å². The number of rotatable bonds is 2. The zero-order valence-corrected chi connectivity index (χ0v) is 9.88. The van der Waals surface area contributed by atoms with E-state index in [0.717, 1.165) is 22.2 Å². The van der Waals surface area contributed by atoms with Gasteiger partial charge in [-0.15, -0.1) is 0 Å². The molecule has 1 aromatic rings. The van der Waals surface area contributed by atoms with Crippen LogP contribution in [0.15, 0.2) is 12.3 Å². The molecule has 0 unspecified atom stereocenters. The van der Waals surface area contributed by atoms with Crippen molar-refractivity contribution in [3.8, 4) is 5.75 Å². The molecule has 2 nitrogen and oxygen atoms in total. The van der Waals surface area contributed by atoms with Gasteiger partial charge < -0.3 is 4.74 Å². The molecule has 13 heavy (non-hydrogen) atoms. The molecule has 1 aliphatic carbocycles. The van der Waals surface area contributed by atoms with Crippen LogP contribution in [0.5, 0.6) is 5.75 Å². The molecule has 1 heterocycles. The van der Waals surface area contributed by atoms with Crippen LogP contribution in [0.25, 0.3) is 0 Å². The topological polar surface area (TPSA) is 22.1 Å². The summed E-state index contributed by atoms with van der Waals surface area (Å²) >= 11 is 8.12. The molecule has 0 aliphatic heterocycles. The third-order valence-corrected chi connectivity index (χ3v) is 3.27. The molecule has 70 valence electrons. The Balaban J connectivity index is 2.17. The lowest BCUT2D eigenvalue weighted by Crippen LogP contribution is -2.25. The van der Waals surface area contributed by atoms with E-state index in [2.05, 4.69) is 27.6 Å². The largest absolute Gasteiger partial charge is 0.486 e. The standard InChI is InChI=1S/C9H9ClINO/c10-9-8(7(11)4-5-12-9)13-6-2-1-3-6/h4-6H,1-3H2. The van der Waals surface area contributed by atoms with Gasteiger partial charge in [0, 0.05) is 6.20 Å². The van der Waals surface area contributed by atoms with Crippen molar-refractivity contribution in [1.82, 2.24) is 4.98 Å². The van der Waals surface area contributed by atoms with Crippen molar-refractivity contribution in [1.29, 1.82) is 0 Å². The fraction of sp³-hybridized carbons (Fsp3) is 0.444. The summed E-state index contributed by atoms with van der Waals surface area (Å²) in [6.07, 6.45) is 5.59. The van der Waals surface area contributed by atoms with Crippen LogP contribution in [-0.2, 0) is 0 Å². The lowest BCUT2D eigenvalue weighted by Gasteiger charge is -2.26. The zero-order valence-electron chi connectivity index (χ0n) is 6.96. The molecule has 1 aliphatic rings. The van der Waals surface area contributed by atoms with Gasteiger partial charge in [-0.1, -0.05) is 11.6 Å². The number of aromatic nitrogens is 1. The summed E-state index contributed by atoms with van der Waals surface area (Å²) in [6, 6.07) is 1.90. The molecular weight excluding hydrogens is 300 g/mol. The first-order valence-electron chi connectivity index (χ1n) is 4.24. The summed E-state index contributed by atoms with van der Waals surface area (Å²) in [5, 5.41) is 0.471. The van der Waals surface area contributed by atoms with Crippen molar-refractivity contribution >= 4 is 34.2 Å². The second-order valence-electron chi connectivity index (χ2n) is 3.08. The molecule has 0 saturated heterocycles. The molecule has 1 saturated carbocycles. The first-order valence-corrected chi connectivity index (χ1v) is 5.69. The Morgan fingerprint density at radius 1 is 1.54 bits per heavy atom. The van der Waals surface area contributed by atoms with E-state index < -0.39 is 0 Å². The number of halogens is 2. The van der Waals surface area contributed by atoms with E-state index in [9.17, 15) is 0 Å². The van der Waals surface area contributed by atoms with Gasteiger partial charge in [0.25, 0.3) is 0 Å². The van der Waals surface area contributed by atoms with E-state index in [0.29, 0.717) is 11.3 Å². The minimum atomic E-state index is 0.357. The first-order chi connectivity index (χ1) is 6.27. The van der Waals surface area contributed by atoms with Crippen LogP contribution in [0.3, 0.4) is 0 Å². The Hall–Kier alpha value is -0.0300. The van der Waals surface area contributed by atoms with Crippen molar-refractivity contribution in [2.45, 2.75) is 25.4 Å². The average molecular weight is 310 g/mol. The summed E-state index contributed by atoms with van der Waals surface area (Å²) in [5.74, 6) is 0.745. The molecule has 0 atom stereocenters. The van der Waals surface area contributed by atoms with Gasteiger partial charge in [-0.3, -0.25) is 0 Å². The van der Waals surface area contributed by atoms with Crippen molar-refractivity contribution in [3.05, 3.63) is 21.0 Å². The van der Waals surface area contributed by atoms with E-state index >= 15 is 0 Å². The summed E-state index contributed by atoms with van der Waals surface area (Å²) in [6.45, 7) is 0. The van der Waals surface area contributed by atoms with Crippen molar-refractivity contribution in [3.63, 3.8) is 0 Å². The van der Waals surface area contributed by atoms with E-state index in [4.69, 9.17) is 16.3 Å². The fourth-order valence-electron chi connectivity index (χ4n) is 1.16. The molecule has 0 radical (unpaired) electrons. The highest BCUT2D eigenvalue weighted by Gasteiger charge is 2.21. The first kappa shape index (κ1) is 9.52. The second-order valence-corrected chi connectivity index (χ2v) is 4.60. The number of nitrogens with zero attached hydrogens (tertiary/aromatic N) is 1. The molecular formula is C9H9ClINO. The van der Waals surface area contributed by atoms with Crippen LogP contribution < -0.4 is 4.74 Å². The van der Waals surface area contributed by atoms with E-state index in [1.54, 1.807) is 6.20 Å². The van der Waals surface area contributed by atoms with Crippen LogP contribution in [0.2, 0.25) is 5.15 Å². The summed E-state index contributed by atoms with van der Waals surface area (Å²) in [4.78, 5) is 3.99. The molecule has 0 aromatic carbocycles. The predicted molar refractivity (Wildman–Crippen MR) is 60.2 cm³/mol. The van der Waals surface area contributed by atoms with E-state index in [1.165, 1.54) is 6.42 Å². The summed E-state index contributed by atoms with van der Waals surface area (Å²) in [5.41, 5.74) is 0. The van der Waals surface area contributed by atoms with E-state index in [-0.39, 0.29) is 0 Å². The molecule has 2 rings (SSSR count). The predicted octanol–water partition coefficient (Wildman–Crippen LogP) is 3.27. The maximum Gasteiger partial charge on any atom is 0.172 e. The Kier molecular flexibility index (Phi) is 2.93. The van der Waals surface area contributed by atoms with Crippen LogP contribution in [-0.4, -0.2) is 11.1 Å². The lowest BCUT2D eigenvalue weighted by molar-refractivity contribution is 0.119.